The Morgan fingerprint density at radius 1 is 1.27 bits per heavy atom. The Morgan fingerprint density at radius 2 is 2.05 bits per heavy atom. The van der Waals surface area contributed by atoms with Crippen molar-refractivity contribution in [1.29, 1.82) is 0 Å². The number of hydrogen-bond acceptors (Lipinski definition) is 3. The van der Waals surface area contributed by atoms with Gasteiger partial charge in [0.2, 0.25) is 0 Å². The summed E-state index contributed by atoms with van der Waals surface area (Å²) in [4.78, 5) is 26.2. The van der Waals surface area contributed by atoms with Gasteiger partial charge in [-0.25, -0.2) is 4.79 Å². The van der Waals surface area contributed by atoms with E-state index in [1.54, 1.807) is 34.0 Å². The number of carbonyl (C=O) groups is 2. The smallest absolute Gasteiger partial charge is 0.343 e. The molecule has 5 nitrogen and oxygen atoms in total. The van der Waals surface area contributed by atoms with E-state index < -0.39 is 12.0 Å². The van der Waals surface area contributed by atoms with Crippen LogP contribution < -0.4 is 9.47 Å². The number of likely N-dealkylation sites (N-methyl/N-ethyl adjacent to an activating group) is 1. The van der Waals surface area contributed by atoms with Gasteiger partial charge in [0.15, 0.2) is 12.4 Å². The van der Waals surface area contributed by atoms with E-state index in [0.29, 0.717) is 12.1 Å². The van der Waals surface area contributed by atoms with Gasteiger partial charge in [0.05, 0.1) is 18.4 Å². The number of ether oxygens (including phenoxy) is 1. The van der Waals surface area contributed by atoms with Crippen molar-refractivity contribution in [1.82, 2.24) is 0 Å². The molecule has 112 valence electrons. The molecule has 1 aliphatic heterocycles. The molecule has 1 unspecified atom stereocenters. The van der Waals surface area contributed by atoms with Gasteiger partial charge >= 0.3 is 11.9 Å². The Kier molecular flexibility index (Phi) is 3.63. The first-order valence-corrected chi connectivity index (χ1v) is 7.16. The van der Waals surface area contributed by atoms with Gasteiger partial charge in [-0.1, -0.05) is 12.1 Å². The quantitative estimate of drug-likeness (QED) is 0.640. The Morgan fingerprint density at radius 3 is 2.77 bits per heavy atom. The summed E-state index contributed by atoms with van der Waals surface area (Å²) in [6, 6.07) is 10.7. The largest absolute Gasteiger partial charge is 0.465 e. The number of nitrogens with zero attached hydrogens (tertiary/aromatic N) is 2. The van der Waals surface area contributed by atoms with E-state index in [9.17, 15) is 9.59 Å². The maximum Gasteiger partial charge on any atom is 0.343 e. The van der Waals surface area contributed by atoms with Crippen LogP contribution in [0.5, 0.6) is 0 Å². The van der Waals surface area contributed by atoms with Crippen LogP contribution in [0, 0.1) is 0 Å². The van der Waals surface area contributed by atoms with Crippen molar-refractivity contribution >= 4 is 17.6 Å². The fourth-order valence-electron chi connectivity index (χ4n) is 2.87. The molecule has 0 spiro atoms. The maximum absolute atomic E-state index is 12.7. The summed E-state index contributed by atoms with van der Waals surface area (Å²) in [5.74, 6) is -0.406. The lowest BCUT2D eigenvalue weighted by Crippen LogP contribution is -2.46. The zero-order valence-electron chi connectivity index (χ0n) is 12.5. The monoisotopic (exact) mass is 297 g/mol. The predicted molar refractivity (Wildman–Crippen MR) is 80.6 cm³/mol. The van der Waals surface area contributed by atoms with Gasteiger partial charge < -0.3 is 9.64 Å². The first kappa shape index (κ1) is 14.3. The maximum atomic E-state index is 12.7. The van der Waals surface area contributed by atoms with Gasteiger partial charge in [-0.3, -0.25) is 4.79 Å². The first-order chi connectivity index (χ1) is 10.7. The van der Waals surface area contributed by atoms with Gasteiger partial charge in [-0.15, -0.1) is 0 Å². The second-order valence-electron chi connectivity index (χ2n) is 5.08. The van der Waals surface area contributed by atoms with Gasteiger partial charge in [0.25, 0.3) is 6.04 Å². The van der Waals surface area contributed by atoms with E-state index in [2.05, 4.69) is 0 Å². The van der Waals surface area contributed by atoms with Crippen LogP contribution in [0.25, 0.3) is 0 Å². The van der Waals surface area contributed by atoms with Gasteiger partial charge in [-0.2, -0.15) is 4.57 Å². The van der Waals surface area contributed by atoms with E-state index in [1.807, 2.05) is 31.2 Å². The highest BCUT2D eigenvalue weighted by Crippen LogP contribution is 2.34. The highest BCUT2D eigenvalue weighted by molar-refractivity contribution is 6.03. The van der Waals surface area contributed by atoms with Crippen LogP contribution in [0.15, 0.2) is 48.8 Å². The first-order valence-electron chi connectivity index (χ1n) is 7.16. The van der Waals surface area contributed by atoms with Crippen molar-refractivity contribution in [3.05, 3.63) is 59.9 Å². The average molecular weight is 297 g/mol. The number of aromatic nitrogens is 1. The number of fused-ring (bicyclic) bond motifs is 1. The summed E-state index contributed by atoms with van der Waals surface area (Å²) in [5.41, 5.74) is 2.29. The van der Waals surface area contributed by atoms with Crippen molar-refractivity contribution in [2.24, 2.45) is 0 Å². The molecule has 5 heteroatoms. The van der Waals surface area contributed by atoms with Crippen molar-refractivity contribution < 1.29 is 18.9 Å². The molecule has 1 aromatic carbocycles. The second-order valence-corrected chi connectivity index (χ2v) is 5.08. The van der Waals surface area contributed by atoms with Crippen molar-refractivity contribution in [3.8, 4) is 0 Å². The van der Waals surface area contributed by atoms with Crippen LogP contribution in [0.1, 0.15) is 28.9 Å². The van der Waals surface area contributed by atoms with Crippen LogP contribution in [0.4, 0.5) is 5.69 Å². The lowest BCUT2D eigenvalue weighted by molar-refractivity contribution is -0.699. The SMILES string of the molecule is CCN1C(=O)C([n+]2cccc(C(=O)OC)c2)c2ccccc21. The molecule has 1 amide bonds. The molecule has 3 rings (SSSR count). The topological polar surface area (TPSA) is 50.5 Å². The fraction of sp³-hybridized carbons (Fsp3) is 0.235. The third-order valence-electron chi connectivity index (χ3n) is 3.88. The molecule has 1 aromatic heterocycles. The number of benzene rings is 1. The minimum absolute atomic E-state index is 0.00992. The lowest BCUT2D eigenvalue weighted by Gasteiger charge is -2.13. The molecule has 1 aliphatic rings. The number of anilines is 1. The van der Waals surface area contributed by atoms with Gasteiger partial charge in [0.1, 0.15) is 5.56 Å². The highest BCUT2D eigenvalue weighted by atomic mass is 16.5. The van der Waals surface area contributed by atoms with E-state index in [4.69, 9.17) is 4.74 Å². The summed E-state index contributed by atoms with van der Waals surface area (Å²) in [6.45, 7) is 2.57. The van der Waals surface area contributed by atoms with E-state index >= 15 is 0 Å². The number of methoxy groups -OCH3 is 1. The summed E-state index contributed by atoms with van der Waals surface area (Å²) < 4.78 is 6.51. The molecule has 2 aromatic rings. The molecule has 0 saturated heterocycles. The van der Waals surface area contributed by atoms with Crippen LogP contribution >= 0.6 is 0 Å². The minimum atomic E-state index is -0.444. The van der Waals surface area contributed by atoms with Crippen LogP contribution in [0.2, 0.25) is 0 Å². The molecular weight excluding hydrogens is 280 g/mol. The molecule has 0 fully saturated rings. The molecule has 0 radical (unpaired) electrons. The Hall–Kier alpha value is -2.69. The summed E-state index contributed by atoms with van der Waals surface area (Å²) in [6.07, 6.45) is 3.45. The molecule has 0 saturated carbocycles. The summed E-state index contributed by atoms with van der Waals surface area (Å²) in [5, 5.41) is 0. The van der Waals surface area contributed by atoms with Gasteiger partial charge in [-0.05, 0) is 25.1 Å². The number of carbonyl (C=O) groups excluding carboxylic acids is 2. The Bertz CT molecular complexity index is 742. The lowest BCUT2D eigenvalue weighted by atomic mass is 10.1. The van der Waals surface area contributed by atoms with Crippen molar-refractivity contribution in [2.75, 3.05) is 18.6 Å². The number of esters is 1. The molecule has 0 bridgehead atoms. The normalized spacial score (nSPS) is 16.5. The van der Waals surface area contributed by atoms with E-state index in [1.165, 1.54) is 7.11 Å². The van der Waals surface area contributed by atoms with Gasteiger partial charge in [0, 0.05) is 12.6 Å². The van der Waals surface area contributed by atoms with E-state index in [0.717, 1.165) is 11.3 Å². The summed E-state index contributed by atoms with van der Waals surface area (Å²) >= 11 is 0. The van der Waals surface area contributed by atoms with Crippen molar-refractivity contribution in [3.63, 3.8) is 0 Å². The zero-order chi connectivity index (χ0) is 15.7. The van der Waals surface area contributed by atoms with E-state index in [-0.39, 0.29) is 5.91 Å². The fourth-order valence-corrected chi connectivity index (χ4v) is 2.87. The van der Waals surface area contributed by atoms with Crippen LogP contribution in [-0.4, -0.2) is 25.5 Å². The minimum Gasteiger partial charge on any atom is -0.465 e. The molecular formula is C17H17N2O3+. The average Bonchev–Trinajstić information content (AvgIpc) is 2.85. The second kappa shape index (κ2) is 5.60. The number of pyridine rings is 1. The number of rotatable bonds is 3. The highest BCUT2D eigenvalue weighted by Gasteiger charge is 2.43. The number of para-hydroxylation sites is 1. The Labute approximate surface area is 128 Å². The molecule has 22 heavy (non-hydrogen) atoms. The number of hydrogen-bond donors (Lipinski definition) is 0. The standard InChI is InChI=1S/C17H17N2O3/c1-3-19-14-9-5-4-8-13(14)15(16(19)20)18-10-6-7-12(11-18)17(21)22-2/h4-11,15H,3H2,1-2H3/q+1. The third kappa shape index (κ3) is 2.15. The molecule has 1 atom stereocenters. The molecule has 0 aliphatic carbocycles. The zero-order valence-corrected chi connectivity index (χ0v) is 12.5. The number of amides is 1. The molecule has 2 heterocycles. The predicted octanol–water partition coefficient (Wildman–Crippen LogP) is 1.72. The summed E-state index contributed by atoms with van der Waals surface area (Å²) in [7, 11) is 1.34. The van der Waals surface area contributed by atoms with Crippen LogP contribution in [0.3, 0.4) is 0 Å². The third-order valence-corrected chi connectivity index (χ3v) is 3.88. The van der Waals surface area contributed by atoms with Crippen molar-refractivity contribution in [2.45, 2.75) is 13.0 Å². The van der Waals surface area contributed by atoms with Crippen LogP contribution in [-0.2, 0) is 9.53 Å². The Balaban J connectivity index is 2.09. The molecule has 0 N–H and O–H groups in total.